The lowest BCUT2D eigenvalue weighted by Gasteiger charge is -2.28. The van der Waals surface area contributed by atoms with Gasteiger partial charge in [0.25, 0.3) is 0 Å². The normalized spacial score (nSPS) is 24.6. The van der Waals surface area contributed by atoms with Crippen molar-refractivity contribution in [1.29, 1.82) is 0 Å². The molecule has 2 nitrogen and oxygen atoms in total. The Kier molecular flexibility index (Phi) is 4.51. The molecule has 0 N–H and O–H groups in total. The van der Waals surface area contributed by atoms with Crippen LogP contribution in [0.25, 0.3) is 0 Å². The van der Waals surface area contributed by atoms with Crippen LogP contribution < -0.4 is 0 Å². The highest BCUT2D eigenvalue weighted by Crippen LogP contribution is 2.35. The average Bonchev–Trinajstić information content (AvgIpc) is 2.38. The van der Waals surface area contributed by atoms with E-state index in [0.29, 0.717) is 5.25 Å². The number of nitrogens with zero attached hydrogens (tertiary/aromatic N) is 1. The van der Waals surface area contributed by atoms with Crippen LogP contribution in [-0.4, -0.2) is 32.8 Å². The highest BCUT2D eigenvalue weighted by molar-refractivity contribution is 8.07. The Morgan fingerprint density at radius 1 is 1.41 bits per heavy atom. The zero-order valence-corrected chi connectivity index (χ0v) is 11.8. The molecule has 0 aromatic carbocycles. The van der Waals surface area contributed by atoms with E-state index in [1.54, 1.807) is 24.2 Å². The fourth-order valence-corrected chi connectivity index (χ4v) is 5.03. The maximum atomic E-state index is 12.4. The van der Waals surface area contributed by atoms with E-state index in [1.165, 1.54) is 5.75 Å². The van der Waals surface area contributed by atoms with Crippen molar-refractivity contribution in [3.63, 3.8) is 0 Å². The Hall–Kier alpha value is -0.480. The highest BCUT2D eigenvalue weighted by atomic mass is 32.2. The van der Waals surface area contributed by atoms with Crippen LogP contribution in [-0.2, 0) is 0 Å². The minimum absolute atomic E-state index is 0.113. The molecule has 4 heteroatoms. The second kappa shape index (κ2) is 5.91. The quantitative estimate of drug-likeness (QED) is 0.787. The fourth-order valence-electron chi connectivity index (χ4n) is 2.00. The van der Waals surface area contributed by atoms with E-state index in [9.17, 15) is 4.79 Å². The zero-order valence-electron chi connectivity index (χ0n) is 10.2. The van der Waals surface area contributed by atoms with Gasteiger partial charge in [0.2, 0.25) is 0 Å². The van der Waals surface area contributed by atoms with E-state index in [0.717, 1.165) is 23.3 Å². The summed E-state index contributed by atoms with van der Waals surface area (Å²) in [6.07, 6.45) is 4.55. The van der Waals surface area contributed by atoms with Gasteiger partial charge in [-0.2, -0.15) is 11.8 Å². The number of thioether (sulfide) groups is 2. The first-order valence-corrected chi connectivity index (χ1v) is 8.01. The number of carbonyl (C=O) groups is 1. The molecule has 92 valence electrons. The summed E-state index contributed by atoms with van der Waals surface area (Å²) in [5.41, 5.74) is 1.82. The summed E-state index contributed by atoms with van der Waals surface area (Å²) in [7, 11) is 0. The number of pyridine rings is 1. The van der Waals surface area contributed by atoms with Gasteiger partial charge in [0.05, 0.1) is 5.25 Å². The summed E-state index contributed by atoms with van der Waals surface area (Å²) >= 11 is 3.74. The second-order valence-corrected chi connectivity index (χ2v) is 6.82. The molecule has 1 aliphatic rings. The molecule has 1 aromatic rings. The van der Waals surface area contributed by atoms with Crippen LogP contribution in [0.2, 0.25) is 0 Å². The second-order valence-electron chi connectivity index (χ2n) is 4.22. The molecule has 0 aliphatic carbocycles. The summed E-state index contributed by atoms with van der Waals surface area (Å²) in [5.74, 6) is 2.50. The summed E-state index contributed by atoms with van der Waals surface area (Å²) in [6.45, 7) is 4.14. The number of Topliss-reactive ketones (excluding diaryl/α,β-unsaturated/α-hetero) is 1. The van der Waals surface area contributed by atoms with Crippen molar-refractivity contribution in [2.75, 3.05) is 11.5 Å². The van der Waals surface area contributed by atoms with Gasteiger partial charge in [-0.1, -0.05) is 6.92 Å². The van der Waals surface area contributed by atoms with Crippen molar-refractivity contribution in [3.05, 3.63) is 29.6 Å². The number of aryl methyl sites for hydroxylation is 1. The third-order valence-electron chi connectivity index (χ3n) is 2.87. The Morgan fingerprint density at radius 2 is 2.18 bits per heavy atom. The lowest BCUT2D eigenvalue weighted by molar-refractivity contribution is 0.0987. The first-order chi connectivity index (χ1) is 8.22. The maximum Gasteiger partial charge on any atom is 0.178 e. The Bertz CT molecular complexity index is 408. The molecule has 17 heavy (non-hydrogen) atoms. The van der Waals surface area contributed by atoms with Gasteiger partial charge < -0.3 is 0 Å². The minimum atomic E-state index is 0.113. The van der Waals surface area contributed by atoms with Crippen molar-refractivity contribution < 1.29 is 4.79 Å². The molecule has 2 heterocycles. The van der Waals surface area contributed by atoms with Gasteiger partial charge in [-0.15, -0.1) is 11.8 Å². The molecule has 2 rings (SSSR count). The van der Waals surface area contributed by atoms with Crippen molar-refractivity contribution >= 4 is 29.3 Å². The highest BCUT2D eigenvalue weighted by Gasteiger charge is 2.31. The summed E-state index contributed by atoms with van der Waals surface area (Å²) in [6, 6.07) is 1.95. The summed E-state index contributed by atoms with van der Waals surface area (Å²) < 4.78 is 0. The van der Waals surface area contributed by atoms with Crippen molar-refractivity contribution in [2.24, 2.45) is 0 Å². The molecule has 0 amide bonds. The van der Waals surface area contributed by atoms with Gasteiger partial charge in [0.15, 0.2) is 5.78 Å². The SMILES string of the molecule is CCC1SCCSC1C(=O)c1cncc(C)c1. The Morgan fingerprint density at radius 3 is 2.88 bits per heavy atom. The number of rotatable bonds is 3. The summed E-state index contributed by atoms with van der Waals surface area (Å²) in [4.78, 5) is 16.6. The minimum Gasteiger partial charge on any atom is -0.293 e. The lowest BCUT2D eigenvalue weighted by Crippen LogP contribution is -2.32. The first kappa shape index (κ1) is 13.0. The van der Waals surface area contributed by atoms with Crippen molar-refractivity contribution in [3.8, 4) is 0 Å². The zero-order chi connectivity index (χ0) is 12.3. The molecule has 1 aromatic heterocycles. The molecule has 0 radical (unpaired) electrons. The predicted octanol–water partition coefficient (Wildman–Crippen LogP) is 3.20. The molecule has 1 saturated heterocycles. The summed E-state index contributed by atoms with van der Waals surface area (Å²) in [5, 5.41) is 0.573. The fraction of sp³-hybridized carbons (Fsp3) is 0.538. The molecular weight excluding hydrogens is 250 g/mol. The van der Waals surface area contributed by atoms with Crippen LogP contribution in [0.5, 0.6) is 0 Å². The Labute approximate surface area is 111 Å². The molecule has 1 aliphatic heterocycles. The van der Waals surface area contributed by atoms with E-state index < -0.39 is 0 Å². The van der Waals surface area contributed by atoms with Crippen LogP contribution in [0.15, 0.2) is 18.5 Å². The number of aromatic nitrogens is 1. The predicted molar refractivity (Wildman–Crippen MR) is 76.1 cm³/mol. The molecular formula is C13H17NOS2. The first-order valence-electron chi connectivity index (χ1n) is 5.91. The standard InChI is InChI=1S/C13H17NOS2/c1-3-11-13(17-5-4-16-11)12(15)10-6-9(2)7-14-8-10/h6-8,11,13H,3-5H2,1-2H3. The monoisotopic (exact) mass is 267 g/mol. The van der Waals surface area contributed by atoms with Crippen LogP contribution in [0.1, 0.15) is 29.3 Å². The third-order valence-corrected chi connectivity index (χ3v) is 6.12. The van der Waals surface area contributed by atoms with E-state index >= 15 is 0 Å². The Balaban J connectivity index is 2.18. The smallest absolute Gasteiger partial charge is 0.178 e. The van der Waals surface area contributed by atoms with Crippen molar-refractivity contribution in [2.45, 2.75) is 30.8 Å². The number of hydrogen-bond acceptors (Lipinski definition) is 4. The number of carbonyl (C=O) groups excluding carboxylic acids is 1. The van der Waals surface area contributed by atoms with Crippen molar-refractivity contribution in [1.82, 2.24) is 4.98 Å². The van der Waals surface area contributed by atoms with E-state index in [1.807, 2.05) is 24.8 Å². The topological polar surface area (TPSA) is 30.0 Å². The van der Waals surface area contributed by atoms with Crippen LogP contribution in [0.3, 0.4) is 0 Å². The van der Waals surface area contributed by atoms with E-state index in [-0.39, 0.29) is 11.0 Å². The van der Waals surface area contributed by atoms with Gasteiger partial charge in [0.1, 0.15) is 0 Å². The van der Waals surface area contributed by atoms with Gasteiger partial charge >= 0.3 is 0 Å². The lowest BCUT2D eigenvalue weighted by atomic mass is 10.1. The van der Waals surface area contributed by atoms with Gasteiger partial charge in [-0.05, 0) is 25.0 Å². The molecule has 1 fully saturated rings. The average molecular weight is 267 g/mol. The molecule has 0 spiro atoms. The maximum absolute atomic E-state index is 12.4. The van der Waals surface area contributed by atoms with Gasteiger partial charge in [-0.25, -0.2) is 0 Å². The number of hydrogen-bond donors (Lipinski definition) is 0. The number of ketones is 1. The molecule has 0 saturated carbocycles. The largest absolute Gasteiger partial charge is 0.293 e. The molecule has 2 atom stereocenters. The van der Waals surface area contributed by atoms with E-state index in [4.69, 9.17) is 0 Å². The van der Waals surface area contributed by atoms with Crippen LogP contribution >= 0.6 is 23.5 Å². The van der Waals surface area contributed by atoms with Gasteiger partial charge in [0, 0.05) is 34.7 Å². The van der Waals surface area contributed by atoms with Gasteiger partial charge in [-0.3, -0.25) is 9.78 Å². The third kappa shape index (κ3) is 3.05. The molecule has 2 unspecified atom stereocenters. The van der Waals surface area contributed by atoms with E-state index in [2.05, 4.69) is 11.9 Å². The van der Waals surface area contributed by atoms with Crippen LogP contribution in [0, 0.1) is 6.92 Å². The molecule has 0 bridgehead atoms. The van der Waals surface area contributed by atoms with Crippen LogP contribution in [0.4, 0.5) is 0 Å².